The Labute approximate surface area is 185 Å². The molecule has 0 aliphatic carbocycles. The topological polar surface area (TPSA) is 35.9 Å². The van der Waals surface area contributed by atoms with Gasteiger partial charge in [0.15, 0.2) is 0 Å². The van der Waals surface area contributed by atoms with Crippen LogP contribution in [0.4, 0.5) is 5.69 Å². The van der Waals surface area contributed by atoms with Gasteiger partial charge in [-0.1, -0.05) is 29.8 Å². The van der Waals surface area contributed by atoms with Gasteiger partial charge < -0.3 is 39.6 Å². The Hall–Kier alpha value is -1.17. The first-order valence-corrected chi connectivity index (χ1v) is 9.50. The Morgan fingerprint density at radius 1 is 1.00 bits per heavy atom. The number of para-hydroxylation sites is 1. The molecule has 1 saturated heterocycles. The maximum atomic E-state index is 10.3. The number of aryl methyl sites for hydroxylation is 2. The largest absolute Gasteiger partial charge is 1.00 e. The predicted octanol–water partition coefficient (Wildman–Crippen LogP) is -2.47. The number of benzene rings is 2. The Balaban J connectivity index is 0.00000196. The van der Waals surface area contributed by atoms with Crippen LogP contribution in [0.15, 0.2) is 42.5 Å². The summed E-state index contributed by atoms with van der Waals surface area (Å²) in [5.41, 5.74) is 3.26. The number of rotatable bonds is 6. The highest BCUT2D eigenvalue weighted by Gasteiger charge is 2.19. The summed E-state index contributed by atoms with van der Waals surface area (Å²) in [6, 6.07) is 14.3. The van der Waals surface area contributed by atoms with E-state index in [1.165, 1.54) is 5.69 Å². The lowest BCUT2D eigenvalue weighted by atomic mass is 10.1. The average molecular weight is 446 g/mol. The fourth-order valence-corrected chi connectivity index (χ4v) is 3.47. The van der Waals surface area contributed by atoms with Crippen molar-refractivity contribution in [3.05, 3.63) is 58.6 Å². The second kappa shape index (κ2) is 11.7. The summed E-state index contributed by atoms with van der Waals surface area (Å²) < 4.78 is 5.77. The van der Waals surface area contributed by atoms with E-state index in [4.69, 9.17) is 16.3 Å². The molecule has 1 heterocycles. The maximum absolute atomic E-state index is 10.3. The Morgan fingerprint density at radius 2 is 1.57 bits per heavy atom. The molecule has 1 unspecified atom stereocenters. The van der Waals surface area contributed by atoms with Crippen LogP contribution in [0, 0.1) is 13.8 Å². The number of halogens is 3. The van der Waals surface area contributed by atoms with Crippen molar-refractivity contribution >= 4 is 17.3 Å². The normalized spacial score (nSPS) is 15.4. The molecule has 7 heteroatoms. The molecule has 1 atom stereocenters. The van der Waals surface area contributed by atoms with E-state index in [1.54, 1.807) is 0 Å². The standard InChI is InChI=1S/C21H27ClN2O2.2ClH/c1-16-12-20(13-17(2)21(16)22)26-15-19(25)14-23-8-10-24(11-9-23)18-6-4-3-5-7-18;;/h3-7,12-13,19,25H,8-11,14-15H2,1-2H3;2*1H/p-2. The zero-order chi connectivity index (χ0) is 18.5. The molecule has 0 bridgehead atoms. The van der Waals surface area contributed by atoms with Gasteiger partial charge in [0.25, 0.3) is 0 Å². The van der Waals surface area contributed by atoms with Crippen LogP contribution in [0.25, 0.3) is 0 Å². The molecule has 0 aromatic heterocycles. The number of aliphatic hydroxyl groups excluding tert-OH is 1. The summed E-state index contributed by atoms with van der Waals surface area (Å²) in [7, 11) is 0. The first-order chi connectivity index (χ1) is 12.5. The zero-order valence-electron chi connectivity index (χ0n) is 16.2. The number of ether oxygens (including phenoxy) is 1. The van der Waals surface area contributed by atoms with Gasteiger partial charge in [0.2, 0.25) is 0 Å². The quantitative estimate of drug-likeness (QED) is 0.535. The molecule has 1 fully saturated rings. The van der Waals surface area contributed by atoms with Crippen LogP contribution in [0.3, 0.4) is 0 Å². The minimum atomic E-state index is -0.505. The van der Waals surface area contributed by atoms with Crippen LogP contribution in [0.2, 0.25) is 5.02 Å². The van der Waals surface area contributed by atoms with Gasteiger partial charge in [-0.05, 0) is 49.2 Å². The van der Waals surface area contributed by atoms with Crippen molar-refractivity contribution in [1.29, 1.82) is 0 Å². The SMILES string of the molecule is Cc1cc(OCC(O)CN2CCN(c3ccccc3)CC2)cc(C)c1Cl.[Cl-].[Cl-]. The van der Waals surface area contributed by atoms with E-state index in [-0.39, 0.29) is 24.8 Å². The van der Waals surface area contributed by atoms with E-state index in [0.29, 0.717) is 13.2 Å². The Kier molecular flexibility index (Phi) is 10.4. The fraction of sp³-hybridized carbons (Fsp3) is 0.429. The summed E-state index contributed by atoms with van der Waals surface area (Å²) in [6.45, 7) is 8.71. The third kappa shape index (κ3) is 6.71. The van der Waals surface area contributed by atoms with Gasteiger partial charge in [0, 0.05) is 43.4 Å². The molecule has 0 amide bonds. The van der Waals surface area contributed by atoms with E-state index in [2.05, 4.69) is 34.1 Å². The van der Waals surface area contributed by atoms with Crippen LogP contribution >= 0.6 is 11.6 Å². The van der Waals surface area contributed by atoms with E-state index in [1.807, 2.05) is 32.0 Å². The second-order valence-corrected chi connectivity index (χ2v) is 7.34. The first kappa shape index (κ1) is 24.9. The van der Waals surface area contributed by atoms with Crippen LogP contribution in [-0.4, -0.2) is 55.4 Å². The van der Waals surface area contributed by atoms with E-state index in [9.17, 15) is 5.11 Å². The zero-order valence-corrected chi connectivity index (χ0v) is 18.5. The fourth-order valence-electron chi connectivity index (χ4n) is 3.36. The lowest BCUT2D eigenvalue weighted by Crippen LogP contribution is -3.00. The minimum Gasteiger partial charge on any atom is -1.00 e. The van der Waals surface area contributed by atoms with Gasteiger partial charge in [-0.3, -0.25) is 4.90 Å². The van der Waals surface area contributed by atoms with Crippen molar-refractivity contribution in [3.63, 3.8) is 0 Å². The lowest BCUT2D eigenvalue weighted by molar-refractivity contribution is -0.001000. The molecule has 1 aliphatic heterocycles. The second-order valence-electron chi connectivity index (χ2n) is 6.96. The molecule has 1 aliphatic rings. The number of anilines is 1. The van der Waals surface area contributed by atoms with Crippen LogP contribution in [0.1, 0.15) is 11.1 Å². The van der Waals surface area contributed by atoms with Gasteiger partial charge in [-0.2, -0.15) is 0 Å². The van der Waals surface area contributed by atoms with Crippen molar-refractivity contribution < 1.29 is 34.7 Å². The van der Waals surface area contributed by atoms with Crippen LogP contribution in [-0.2, 0) is 0 Å². The van der Waals surface area contributed by atoms with E-state index >= 15 is 0 Å². The summed E-state index contributed by atoms with van der Waals surface area (Å²) in [4.78, 5) is 4.68. The molecule has 2 aromatic rings. The predicted molar refractivity (Wildman–Crippen MR) is 108 cm³/mol. The lowest BCUT2D eigenvalue weighted by Gasteiger charge is -2.36. The molecular formula is C21H27Cl3N2O2-2. The number of nitrogens with zero attached hydrogens (tertiary/aromatic N) is 2. The number of piperazine rings is 1. The molecule has 2 aromatic carbocycles. The molecule has 0 saturated carbocycles. The minimum absolute atomic E-state index is 0. The summed E-state index contributed by atoms with van der Waals surface area (Å²) in [5, 5.41) is 11.1. The van der Waals surface area contributed by atoms with Crippen molar-refractivity contribution in [2.45, 2.75) is 20.0 Å². The summed E-state index contributed by atoms with van der Waals surface area (Å²) in [5.74, 6) is 0.761. The molecule has 0 spiro atoms. The van der Waals surface area contributed by atoms with Gasteiger partial charge in [-0.25, -0.2) is 0 Å². The first-order valence-electron chi connectivity index (χ1n) is 9.13. The van der Waals surface area contributed by atoms with Crippen LogP contribution < -0.4 is 34.5 Å². The van der Waals surface area contributed by atoms with E-state index in [0.717, 1.165) is 48.1 Å². The van der Waals surface area contributed by atoms with Crippen molar-refractivity contribution in [2.75, 3.05) is 44.2 Å². The van der Waals surface area contributed by atoms with Gasteiger partial charge in [0.05, 0.1) is 0 Å². The molecule has 4 nitrogen and oxygen atoms in total. The van der Waals surface area contributed by atoms with Gasteiger partial charge in [0.1, 0.15) is 18.5 Å². The van der Waals surface area contributed by atoms with Gasteiger partial charge >= 0.3 is 0 Å². The van der Waals surface area contributed by atoms with Crippen molar-refractivity contribution in [2.24, 2.45) is 0 Å². The molecule has 1 N–H and O–H groups in total. The average Bonchev–Trinajstić information content (AvgIpc) is 2.65. The molecule has 28 heavy (non-hydrogen) atoms. The molecular weight excluding hydrogens is 419 g/mol. The molecule has 0 radical (unpaired) electrons. The molecule has 156 valence electrons. The number of hydrogen-bond donors (Lipinski definition) is 1. The highest BCUT2D eigenvalue weighted by molar-refractivity contribution is 6.32. The summed E-state index contributed by atoms with van der Waals surface area (Å²) in [6.07, 6.45) is -0.505. The smallest absolute Gasteiger partial charge is 0.120 e. The van der Waals surface area contributed by atoms with Gasteiger partial charge in [-0.15, -0.1) is 0 Å². The third-order valence-corrected chi connectivity index (χ3v) is 5.41. The Bertz CT molecular complexity index is 700. The monoisotopic (exact) mass is 444 g/mol. The maximum Gasteiger partial charge on any atom is 0.120 e. The van der Waals surface area contributed by atoms with Crippen molar-refractivity contribution in [3.8, 4) is 5.75 Å². The highest BCUT2D eigenvalue weighted by atomic mass is 35.5. The van der Waals surface area contributed by atoms with E-state index < -0.39 is 6.10 Å². The Morgan fingerprint density at radius 3 is 2.14 bits per heavy atom. The summed E-state index contributed by atoms with van der Waals surface area (Å²) >= 11 is 6.18. The van der Waals surface area contributed by atoms with Crippen LogP contribution in [0.5, 0.6) is 5.75 Å². The number of hydrogen-bond acceptors (Lipinski definition) is 4. The van der Waals surface area contributed by atoms with Crippen molar-refractivity contribution in [1.82, 2.24) is 4.90 Å². The number of β-amino-alcohol motifs (C(OH)–C–C–N with tert-alkyl or cyclic N) is 1. The number of aliphatic hydroxyl groups is 1. The third-order valence-electron chi connectivity index (χ3n) is 4.81. The molecule has 3 rings (SSSR count). The highest BCUT2D eigenvalue weighted by Crippen LogP contribution is 2.26.